The second-order valence-corrected chi connectivity index (χ2v) is 9.25. The van der Waals surface area contributed by atoms with Crippen molar-refractivity contribution in [1.29, 1.82) is 0 Å². The van der Waals surface area contributed by atoms with Crippen molar-refractivity contribution in [2.24, 2.45) is 0 Å². The minimum Gasteiger partial charge on any atom is -0.458 e. The van der Waals surface area contributed by atoms with Crippen LogP contribution in [0.2, 0.25) is 0 Å². The largest absolute Gasteiger partial charge is 0.458 e. The molecule has 0 unspecified atom stereocenters. The van der Waals surface area contributed by atoms with E-state index in [1.807, 2.05) is 20.8 Å². The van der Waals surface area contributed by atoms with Gasteiger partial charge in [0.25, 0.3) is 0 Å². The molecule has 0 fully saturated rings. The molecule has 0 aliphatic carbocycles. The van der Waals surface area contributed by atoms with E-state index in [0.717, 1.165) is 13.0 Å². The normalized spacial score (nSPS) is 11.8. The van der Waals surface area contributed by atoms with Crippen molar-refractivity contribution < 1.29 is 52.2 Å². The zero-order chi connectivity index (χ0) is 28.0. The molecule has 11 heteroatoms. The van der Waals surface area contributed by atoms with E-state index in [0.29, 0.717) is 106 Å². The number of rotatable bonds is 30. The van der Waals surface area contributed by atoms with Gasteiger partial charge in [0.05, 0.1) is 106 Å². The molecule has 0 atom stereocenters. The molecule has 0 aliphatic heterocycles. The van der Waals surface area contributed by atoms with Crippen LogP contribution in [-0.2, 0) is 52.2 Å². The Morgan fingerprint density at radius 1 is 0.447 bits per heavy atom. The molecule has 0 aromatic heterocycles. The van der Waals surface area contributed by atoms with Crippen molar-refractivity contribution >= 4 is 5.97 Å². The number of ether oxygens (including phenoxy) is 10. The zero-order valence-corrected chi connectivity index (χ0v) is 24.3. The van der Waals surface area contributed by atoms with Gasteiger partial charge in [-0.1, -0.05) is 19.8 Å². The third-order valence-corrected chi connectivity index (χ3v) is 4.51. The average molecular weight is 555 g/mol. The van der Waals surface area contributed by atoms with Crippen molar-refractivity contribution in [2.45, 2.75) is 52.6 Å². The monoisotopic (exact) mass is 554 g/mol. The smallest absolute Gasteiger partial charge is 0.332 e. The van der Waals surface area contributed by atoms with Crippen LogP contribution in [0.25, 0.3) is 0 Å². The maximum Gasteiger partial charge on any atom is 0.332 e. The van der Waals surface area contributed by atoms with Crippen LogP contribution >= 0.6 is 0 Å². The van der Waals surface area contributed by atoms with Crippen molar-refractivity contribution in [1.82, 2.24) is 0 Å². The number of esters is 1. The second kappa shape index (κ2) is 29.1. The number of hydrogen-bond donors (Lipinski definition) is 0. The lowest BCUT2D eigenvalue weighted by molar-refractivity contribution is -0.160. The molecule has 0 aliphatic rings. The van der Waals surface area contributed by atoms with Crippen LogP contribution in [0.1, 0.15) is 47.0 Å². The Morgan fingerprint density at radius 2 is 0.737 bits per heavy atom. The van der Waals surface area contributed by atoms with E-state index < -0.39 is 5.60 Å². The molecule has 0 aromatic rings. The summed E-state index contributed by atoms with van der Waals surface area (Å²) >= 11 is 0. The molecule has 0 heterocycles. The summed E-state index contributed by atoms with van der Waals surface area (Å²) in [6.07, 6.45) is 3.54. The minimum absolute atomic E-state index is 0.0765. The van der Waals surface area contributed by atoms with Crippen LogP contribution < -0.4 is 0 Å². The van der Waals surface area contributed by atoms with Crippen LogP contribution in [0.15, 0.2) is 0 Å². The van der Waals surface area contributed by atoms with E-state index in [9.17, 15) is 4.79 Å². The number of carbonyl (C=O) groups is 1. The quantitative estimate of drug-likeness (QED) is 0.0965. The highest BCUT2D eigenvalue weighted by Crippen LogP contribution is 2.06. The van der Waals surface area contributed by atoms with Crippen molar-refractivity contribution in [3.8, 4) is 0 Å². The lowest BCUT2D eigenvalue weighted by atomic mass is 10.2. The molecule has 0 aromatic carbocycles. The number of hydrogen-bond acceptors (Lipinski definition) is 11. The molecular weight excluding hydrogens is 500 g/mol. The van der Waals surface area contributed by atoms with Gasteiger partial charge in [-0.05, 0) is 27.2 Å². The minimum atomic E-state index is -0.504. The standard InChI is InChI=1S/C27H54O11/c1-5-6-7-8-29-9-10-30-11-12-31-13-14-32-15-16-33-17-18-34-19-20-35-21-22-36-23-24-37-25-26(28)38-27(2,3)4/h5-25H2,1-4H3. The van der Waals surface area contributed by atoms with Gasteiger partial charge < -0.3 is 47.4 Å². The Hall–Kier alpha value is -0.890. The van der Waals surface area contributed by atoms with Gasteiger partial charge in [0.1, 0.15) is 12.2 Å². The van der Waals surface area contributed by atoms with Gasteiger partial charge in [-0.3, -0.25) is 0 Å². The molecule has 0 radical (unpaired) electrons. The summed E-state index contributed by atoms with van der Waals surface area (Å²) < 4.78 is 53.9. The van der Waals surface area contributed by atoms with Gasteiger partial charge >= 0.3 is 5.97 Å². The molecule has 0 bridgehead atoms. The SMILES string of the molecule is CCCCCOCCOCCOCCOCCOCCOCCOCCOCCOCC(=O)OC(C)(C)C. The summed E-state index contributed by atoms with van der Waals surface area (Å²) in [5, 5.41) is 0. The highest BCUT2D eigenvalue weighted by atomic mass is 16.6. The molecule has 0 saturated carbocycles. The van der Waals surface area contributed by atoms with E-state index in [1.54, 1.807) is 0 Å². The summed E-state index contributed by atoms with van der Waals surface area (Å²) in [7, 11) is 0. The summed E-state index contributed by atoms with van der Waals surface area (Å²) in [4.78, 5) is 11.5. The van der Waals surface area contributed by atoms with Crippen molar-refractivity contribution in [3.05, 3.63) is 0 Å². The fourth-order valence-electron chi connectivity index (χ4n) is 2.74. The molecular formula is C27H54O11. The predicted molar refractivity (Wildman–Crippen MR) is 143 cm³/mol. The molecule has 0 N–H and O–H groups in total. The zero-order valence-electron chi connectivity index (χ0n) is 24.3. The molecule has 0 saturated heterocycles. The van der Waals surface area contributed by atoms with Crippen LogP contribution in [-0.4, -0.2) is 130 Å². The van der Waals surface area contributed by atoms with Gasteiger partial charge in [0.15, 0.2) is 0 Å². The summed E-state index contributed by atoms with van der Waals surface area (Å²) in [6, 6.07) is 0. The Balaban J connectivity index is 3.09. The van der Waals surface area contributed by atoms with Crippen molar-refractivity contribution in [2.75, 3.05) is 119 Å². The lowest BCUT2D eigenvalue weighted by Crippen LogP contribution is -2.27. The first-order valence-electron chi connectivity index (χ1n) is 13.9. The average Bonchev–Trinajstić information content (AvgIpc) is 2.86. The summed E-state index contributed by atoms with van der Waals surface area (Å²) in [6.45, 7) is 16.4. The highest BCUT2D eigenvalue weighted by Gasteiger charge is 2.15. The highest BCUT2D eigenvalue weighted by molar-refractivity contribution is 5.71. The van der Waals surface area contributed by atoms with E-state index in [4.69, 9.17) is 47.4 Å². The van der Waals surface area contributed by atoms with Gasteiger partial charge in [0, 0.05) is 6.61 Å². The molecule has 0 rings (SSSR count). The maximum absolute atomic E-state index is 11.5. The van der Waals surface area contributed by atoms with Crippen LogP contribution in [0.4, 0.5) is 0 Å². The Bertz CT molecular complexity index is 486. The first kappa shape index (κ1) is 37.1. The molecule has 228 valence electrons. The van der Waals surface area contributed by atoms with Crippen molar-refractivity contribution in [3.63, 3.8) is 0 Å². The molecule has 0 spiro atoms. The third kappa shape index (κ3) is 33.1. The fraction of sp³-hybridized carbons (Fsp3) is 0.963. The Morgan fingerprint density at radius 3 is 1.03 bits per heavy atom. The van der Waals surface area contributed by atoms with Crippen LogP contribution in [0, 0.1) is 0 Å². The maximum atomic E-state index is 11.5. The van der Waals surface area contributed by atoms with E-state index >= 15 is 0 Å². The topological polar surface area (TPSA) is 109 Å². The third-order valence-electron chi connectivity index (χ3n) is 4.51. The Kier molecular flexibility index (Phi) is 28.4. The molecule has 38 heavy (non-hydrogen) atoms. The summed E-state index contributed by atoms with van der Waals surface area (Å²) in [5.74, 6) is -0.382. The lowest BCUT2D eigenvalue weighted by Gasteiger charge is -2.19. The van der Waals surface area contributed by atoms with E-state index in [2.05, 4.69) is 6.92 Å². The second-order valence-electron chi connectivity index (χ2n) is 9.25. The van der Waals surface area contributed by atoms with Crippen LogP contribution in [0.5, 0.6) is 0 Å². The van der Waals surface area contributed by atoms with Gasteiger partial charge in [-0.15, -0.1) is 0 Å². The van der Waals surface area contributed by atoms with E-state index in [-0.39, 0.29) is 12.6 Å². The Labute approximate surface area is 230 Å². The van der Waals surface area contributed by atoms with Gasteiger partial charge in [-0.25, -0.2) is 4.79 Å². The van der Waals surface area contributed by atoms with Gasteiger partial charge in [-0.2, -0.15) is 0 Å². The molecule has 0 amide bonds. The first-order valence-corrected chi connectivity index (χ1v) is 13.9. The van der Waals surface area contributed by atoms with Gasteiger partial charge in [0.2, 0.25) is 0 Å². The first-order chi connectivity index (χ1) is 18.5. The fourth-order valence-corrected chi connectivity index (χ4v) is 2.74. The number of unbranched alkanes of at least 4 members (excludes halogenated alkanes) is 2. The van der Waals surface area contributed by atoms with Crippen LogP contribution in [0.3, 0.4) is 0 Å². The summed E-state index contributed by atoms with van der Waals surface area (Å²) in [5.41, 5.74) is -0.504. The number of carbonyl (C=O) groups excluding carboxylic acids is 1. The van der Waals surface area contributed by atoms with E-state index in [1.165, 1.54) is 12.8 Å². The molecule has 11 nitrogen and oxygen atoms in total. The predicted octanol–water partition coefficient (Wildman–Crippen LogP) is 2.67.